The quantitative estimate of drug-likeness (QED) is 0.345. The molecule has 1 aromatic heterocycles. The van der Waals surface area contributed by atoms with Crippen LogP contribution in [0.4, 0.5) is 0 Å². The molecule has 6 nitrogen and oxygen atoms in total. The van der Waals surface area contributed by atoms with E-state index in [1.165, 1.54) is 18.0 Å². The number of aromatic nitrogens is 2. The number of aryl methyl sites for hydroxylation is 1. The molecule has 3 aromatic rings. The van der Waals surface area contributed by atoms with Gasteiger partial charge in [0, 0.05) is 17.5 Å². The fraction of sp³-hybridized carbons (Fsp3) is 0.100. The van der Waals surface area contributed by atoms with Gasteiger partial charge in [0.1, 0.15) is 5.69 Å². The van der Waals surface area contributed by atoms with E-state index >= 15 is 0 Å². The van der Waals surface area contributed by atoms with Crippen molar-refractivity contribution in [3.05, 3.63) is 87.7 Å². The summed E-state index contributed by atoms with van der Waals surface area (Å²) in [4.78, 5) is 33.1. The number of amides is 2. The highest BCUT2D eigenvalue weighted by atomic mass is 79.9. The summed E-state index contributed by atoms with van der Waals surface area (Å²) in [5.41, 5.74) is 7.56. The lowest BCUT2D eigenvalue weighted by Gasteiger charge is -2.09. The lowest BCUT2D eigenvalue weighted by Crippen LogP contribution is -2.42. The molecule has 0 spiro atoms. The molecular formula is C20H17BrN4O2S. The maximum Gasteiger partial charge on any atom is 0.289 e. The van der Waals surface area contributed by atoms with Crippen molar-refractivity contribution in [2.24, 2.45) is 0 Å². The number of hydrogen-bond acceptors (Lipinski definition) is 5. The number of nitrogens with zero attached hydrogens (tertiary/aromatic N) is 2. The summed E-state index contributed by atoms with van der Waals surface area (Å²) in [5.74, 6) is -0.248. The molecule has 0 atom stereocenters. The monoisotopic (exact) mass is 456 g/mol. The van der Waals surface area contributed by atoms with Crippen LogP contribution in [0.2, 0.25) is 0 Å². The molecule has 142 valence electrons. The van der Waals surface area contributed by atoms with Gasteiger partial charge in [-0.1, -0.05) is 59.8 Å². The van der Waals surface area contributed by atoms with Crippen molar-refractivity contribution < 1.29 is 9.59 Å². The molecule has 0 unspecified atom stereocenters. The third-order valence-corrected chi connectivity index (χ3v) is 5.26. The van der Waals surface area contributed by atoms with Gasteiger partial charge in [-0.25, -0.2) is 9.97 Å². The molecule has 0 aliphatic rings. The molecule has 0 radical (unpaired) electrons. The maximum atomic E-state index is 12.4. The Kier molecular flexibility index (Phi) is 6.78. The fourth-order valence-corrected chi connectivity index (χ4v) is 3.39. The summed E-state index contributed by atoms with van der Waals surface area (Å²) < 4.78 is 0.443. The Hall–Kier alpha value is -2.71. The molecule has 0 saturated heterocycles. The van der Waals surface area contributed by atoms with E-state index in [0.29, 0.717) is 20.9 Å². The number of rotatable bonds is 5. The van der Waals surface area contributed by atoms with E-state index in [0.717, 1.165) is 11.1 Å². The Balaban J connectivity index is 1.62. The van der Waals surface area contributed by atoms with E-state index in [2.05, 4.69) is 36.7 Å². The van der Waals surface area contributed by atoms with Crippen LogP contribution in [0.15, 0.2) is 70.4 Å². The first-order chi connectivity index (χ1) is 13.5. The van der Waals surface area contributed by atoms with Gasteiger partial charge in [-0.05, 0) is 40.5 Å². The van der Waals surface area contributed by atoms with E-state index in [1.807, 2.05) is 49.4 Å². The zero-order valence-electron chi connectivity index (χ0n) is 15.0. The average Bonchev–Trinajstić information content (AvgIpc) is 2.72. The van der Waals surface area contributed by atoms with Crippen molar-refractivity contribution >= 4 is 39.5 Å². The molecule has 8 heteroatoms. The van der Waals surface area contributed by atoms with Crippen molar-refractivity contribution in [2.75, 3.05) is 0 Å². The summed E-state index contributed by atoms with van der Waals surface area (Å²) in [6.45, 7) is 1.93. The SMILES string of the molecule is Cc1ccc(C(=O)NNC(=O)c2nc(SCc3ccccc3)ncc2Br)cc1. The van der Waals surface area contributed by atoms with Crippen LogP contribution in [-0.2, 0) is 5.75 Å². The second-order valence-corrected chi connectivity index (χ2v) is 7.69. The molecule has 28 heavy (non-hydrogen) atoms. The van der Waals surface area contributed by atoms with Crippen LogP contribution >= 0.6 is 27.7 Å². The molecule has 0 aliphatic carbocycles. The smallest absolute Gasteiger partial charge is 0.267 e. The van der Waals surface area contributed by atoms with Crippen LogP contribution in [0.5, 0.6) is 0 Å². The van der Waals surface area contributed by atoms with E-state index < -0.39 is 11.8 Å². The highest BCUT2D eigenvalue weighted by Gasteiger charge is 2.15. The summed E-state index contributed by atoms with van der Waals surface area (Å²) in [6.07, 6.45) is 1.52. The van der Waals surface area contributed by atoms with Crippen molar-refractivity contribution in [1.82, 2.24) is 20.8 Å². The third kappa shape index (κ3) is 5.40. The molecule has 2 aromatic carbocycles. The largest absolute Gasteiger partial charge is 0.289 e. The van der Waals surface area contributed by atoms with E-state index in [9.17, 15) is 9.59 Å². The zero-order chi connectivity index (χ0) is 19.9. The molecule has 0 aliphatic heterocycles. The Bertz CT molecular complexity index is 981. The number of carbonyl (C=O) groups is 2. The van der Waals surface area contributed by atoms with Crippen molar-refractivity contribution in [1.29, 1.82) is 0 Å². The highest BCUT2D eigenvalue weighted by molar-refractivity contribution is 9.10. The van der Waals surface area contributed by atoms with Gasteiger partial charge < -0.3 is 0 Å². The molecule has 3 rings (SSSR count). The van der Waals surface area contributed by atoms with Gasteiger partial charge in [0.05, 0.1) is 4.47 Å². The van der Waals surface area contributed by atoms with Gasteiger partial charge in [0.25, 0.3) is 11.8 Å². The first-order valence-electron chi connectivity index (χ1n) is 8.39. The van der Waals surface area contributed by atoms with E-state index in [4.69, 9.17) is 0 Å². The van der Waals surface area contributed by atoms with Crippen LogP contribution < -0.4 is 10.9 Å². The normalized spacial score (nSPS) is 10.4. The number of nitrogens with one attached hydrogen (secondary N) is 2. The Morgan fingerprint density at radius 1 is 1.00 bits per heavy atom. The third-order valence-electron chi connectivity index (χ3n) is 3.75. The second kappa shape index (κ2) is 9.48. The second-order valence-electron chi connectivity index (χ2n) is 5.90. The first-order valence-corrected chi connectivity index (χ1v) is 10.2. The lowest BCUT2D eigenvalue weighted by atomic mass is 10.1. The molecule has 1 heterocycles. The minimum Gasteiger partial charge on any atom is -0.267 e. The number of benzene rings is 2. The Labute approximate surface area is 175 Å². The van der Waals surface area contributed by atoms with Crippen LogP contribution in [0, 0.1) is 6.92 Å². The average molecular weight is 457 g/mol. The van der Waals surface area contributed by atoms with Gasteiger partial charge >= 0.3 is 0 Å². The zero-order valence-corrected chi connectivity index (χ0v) is 17.4. The van der Waals surface area contributed by atoms with Crippen LogP contribution in [-0.4, -0.2) is 21.8 Å². The standard InChI is InChI=1S/C20H17BrN4O2S/c1-13-7-9-15(10-8-13)18(26)24-25-19(27)17-16(21)11-22-20(23-17)28-12-14-5-3-2-4-6-14/h2-11H,12H2,1H3,(H,24,26)(H,25,27). The molecular weight excluding hydrogens is 440 g/mol. The molecule has 0 fully saturated rings. The van der Waals surface area contributed by atoms with Gasteiger partial charge in [-0.3, -0.25) is 20.4 Å². The molecule has 2 amide bonds. The number of carbonyl (C=O) groups excluding carboxylic acids is 2. The van der Waals surface area contributed by atoms with Crippen LogP contribution in [0.25, 0.3) is 0 Å². The van der Waals surface area contributed by atoms with Gasteiger partial charge in [0.15, 0.2) is 5.16 Å². The van der Waals surface area contributed by atoms with Crippen molar-refractivity contribution in [3.8, 4) is 0 Å². The van der Waals surface area contributed by atoms with E-state index in [-0.39, 0.29) is 5.69 Å². The van der Waals surface area contributed by atoms with Crippen molar-refractivity contribution in [3.63, 3.8) is 0 Å². The fourth-order valence-electron chi connectivity index (χ4n) is 2.25. The summed E-state index contributed by atoms with van der Waals surface area (Å²) in [6, 6.07) is 17.0. The number of thioether (sulfide) groups is 1. The van der Waals surface area contributed by atoms with Gasteiger partial charge in [-0.2, -0.15) is 0 Å². The minimum absolute atomic E-state index is 0.148. The summed E-state index contributed by atoms with van der Waals surface area (Å²) >= 11 is 4.71. The lowest BCUT2D eigenvalue weighted by molar-refractivity contribution is 0.0843. The Morgan fingerprint density at radius 2 is 1.68 bits per heavy atom. The Morgan fingerprint density at radius 3 is 2.39 bits per heavy atom. The number of halogens is 1. The molecule has 2 N–H and O–H groups in total. The highest BCUT2D eigenvalue weighted by Crippen LogP contribution is 2.22. The predicted molar refractivity (Wildman–Crippen MR) is 112 cm³/mol. The first kappa shape index (κ1) is 20.0. The van der Waals surface area contributed by atoms with Crippen LogP contribution in [0.3, 0.4) is 0 Å². The van der Waals surface area contributed by atoms with Crippen molar-refractivity contribution in [2.45, 2.75) is 17.8 Å². The van der Waals surface area contributed by atoms with Gasteiger partial charge in [0.2, 0.25) is 0 Å². The molecule has 0 saturated carbocycles. The maximum absolute atomic E-state index is 12.4. The number of hydrogen-bond donors (Lipinski definition) is 2. The topological polar surface area (TPSA) is 84.0 Å². The summed E-state index contributed by atoms with van der Waals surface area (Å²) in [7, 11) is 0. The van der Waals surface area contributed by atoms with E-state index in [1.54, 1.807) is 12.1 Å². The van der Waals surface area contributed by atoms with Gasteiger partial charge in [-0.15, -0.1) is 0 Å². The van der Waals surface area contributed by atoms with Crippen LogP contribution in [0.1, 0.15) is 32.0 Å². The molecule has 0 bridgehead atoms. The number of hydrazine groups is 1. The summed E-state index contributed by atoms with van der Waals surface area (Å²) in [5, 5.41) is 0.474. The minimum atomic E-state index is -0.531. The predicted octanol–water partition coefficient (Wildman–Crippen LogP) is 3.91.